The molecule has 0 fully saturated rings. The highest BCUT2D eigenvalue weighted by Crippen LogP contribution is 2.31. The van der Waals surface area contributed by atoms with Crippen LogP contribution in [0.15, 0.2) is 45.5 Å². The molecule has 3 heterocycles. The van der Waals surface area contributed by atoms with E-state index < -0.39 is 18.5 Å². The number of nitrogens with one attached hydrogen (secondary N) is 1. The minimum absolute atomic E-state index is 0.160. The summed E-state index contributed by atoms with van der Waals surface area (Å²) >= 11 is 6.09. The molecular weight excluding hydrogens is 438 g/mol. The molecule has 0 bridgehead atoms. The minimum atomic E-state index is -0.731. The summed E-state index contributed by atoms with van der Waals surface area (Å²) in [6.45, 7) is 2.95. The van der Waals surface area contributed by atoms with E-state index in [0.29, 0.717) is 39.0 Å². The number of anilines is 1. The van der Waals surface area contributed by atoms with Crippen LogP contribution in [0.25, 0.3) is 22.6 Å². The van der Waals surface area contributed by atoms with Gasteiger partial charge in [-0.2, -0.15) is 0 Å². The van der Waals surface area contributed by atoms with Gasteiger partial charge >= 0.3 is 5.97 Å². The Balaban J connectivity index is 1.54. The molecule has 1 amide bonds. The average molecular weight is 456 g/mol. The maximum Gasteiger partial charge on any atom is 0.339 e. The predicted molar refractivity (Wildman–Crippen MR) is 116 cm³/mol. The van der Waals surface area contributed by atoms with Crippen molar-refractivity contribution in [1.29, 1.82) is 0 Å². The van der Waals surface area contributed by atoms with E-state index in [9.17, 15) is 9.59 Å². The fraction of sp³-hybridized carbons (Fsp3) is 0.182. The Hall–Kier alpha value is -3.85. The van der Waals surface area contributed by atoms with E-state index in [1.165, 1.54) is 19.4 Å². The van der Waals surface area contributed by atoms with Crippen LogP contribution in [0.4, 0.5) is 5.69 Å². The molecule has 0 atom stereocenters. The molecular formula is C22H18ClN3O6. The highest BCUT2D eigenvalue weighted by Gasteiger charge is 2.22. The van der Waals surface area contributed by atoms with Crippen molar-refractivity contribution in [2.24, 2.45) is 0 Å². The van der Waals surface area contributed by atoms with Crippen LogP contribution in [0.3, 0.4) is 0 Å². The average Bonchev–Trinajstić information content (AvgIpc) is 3.44. The van der Waals surface area contributed by atoms with E-state index in [1.807, 2.05) is 0 Å². The summed E-state index contributed by atoms with van der Waals surface area (Å²) in [5.41, 5.74) is 2.33. The number of ether oxygens (including phenoxy) is 2. The first kappa shape index (κ1) is 21.4. The fourth-order valence-electron chi connectivity index (χ4n) is 3.13. The Morgan fingerprint density at radius 2 is 2.03 bits per heavy atom. The maximum absolute atomic E-state index is 12.8. The van der Waals surface area contributed by atoms with Gasteiger partial charge in [0, 0.05) is 11.1 Å². The van der Waals surface area contributed by atoms with E-state index in [2.05, 4.69) is 15.5 Å². The standard InChI is InChI=1S/C22H18ClN3O6/c1-11-7-15(18(29-3)9-14(11)23)24-19(27)10-31-22(28)13-8-16(17-5-4-6-30-17)25-21-20(13)12(2)26-32-21/h4-9H,10H2,1-3H3,(H,24,27). The second-order valence-electron chi connectivity index (χ2n) is 6.91. The zero-order valence-electron chi connectivity index (χ0n) is 17.4. The molecule has 0 saturated carbocycles. The van der Waals surface area contributed by atoms with Crippen molar-refractivity contribution in [2.75, 3.05) is 19.0 Å². The van der Waals surface area contributed by atoms with Gasteiger partial charge in [-0.15, -0.1) is 0 Å². The van der Waals surface area contributed by atoms with Crippen molar-refractivity contribution in [2.45, 2.75) is 13.8 Å². The minimum Gasteiger partial charge on any atom is -0.495 e. The first-order valence-corrected chi connectivity index (χ1v) is 9.87. The molecule has 10 heteroatoms. The zero-order chi connectivity index (χ0) is 22.8. The van der Waals surface area contributed by atoms with Crippen LogP contribution in [-0.4, -0.2) is 35.7 Å². The summed E-state index contributed by atoms with van der Waals surface area (Å²) in [5.74, 6) is -0.444. The number of halogens is 1. The van der Waals surface area contributed by atoms with Crippen LogP contribution < -0.4 is 10.1 Å². The summed E-state index contributed by atoms with van der Waals surface area (Å²) < 4.78 is 21.1. The largest absolute Gasteiger partial charge is 0.495 e. The highest BCUT2D eigenvalue weighted by molar-refractivity contribution is 6.31. The van der Waals surface area contributed by atoms with Crippen LogP contribution in [-0.2, 0) is 9.53 Å². The van der Waals surface area contributed by atoms with Crippen molar-refractivity contribution in [1.82, 2.24) is 10.1 Å². The van der Waals surface area contributed by atoms with Gasteiger partial charge in [-0.25, -0.2) is 9.78 Å². The third kappa shape index (κ3) is 4.15. The molecule has 9 nitrogen and oxygen atoms in total. The molecule has 0 radical (unpaired) electrons. The third-order valence-electron chi connectivity index (χ3n) is 4.70. The van der Waals surface area contributed by atoms with Gasteiger partial charge in [-0.1, -0.05) is 16.8 Å². The number of hydrogen-bond donors (Lipinski definition) is 1. The monoisotopic (exact) mass is 455 g/mol. The Morgan fingerprint density at radius 3 is 2.75 bits per heavy atom. The summed E-state index contributed by atoms with van der Waals surface area (Å²) in [5, 5.41) is 7.43. The van der Waals surface area contributed by atoms with Gasteiger partial charge in [0.1, 0.15) is 11.4 Å². The van der Waals surface area contributed by atoms with Gasteiger partial charge in [-0.05, 0) is 43.7 Å². The molecule has 1 N–H and O–H groups in total. The van der Waals surface area contributed by atoms with E-state index in [1.54, 1.807) is 38.1 Å². The fourth-order valence-corrected chi connectivity index (χ4v) is 3.28. The molecule has 1 aromatic carbocycles. The lowest BCUT2D eigenvalue weighted by atomic mass is 10.1. The number of carbonyl (C=O) groups is 2. The molecule has 0 saturated heterocycles. The van der Waals surface area contributed by atoms with Crippen molar-refractivity contribution in [3.05, 3.63) is 58.4 Å². The van der Waals surface area contributed by atoms with Crippen molar-refractivity contribution < 1.29 is 28.0 Å². The number of methoxy groups -OCH3 is 1. The Morgan fingerprint density at radius 1 is 1.22 bits per heavy atom. The number of furan rings is 1. The zero-order valence-corrected chi connectivity index (χ0v) is 18.1. The number of nitrogens with zero attached hydrogens (tertiary/aromatic N) is 2. The van der Waals surface area contributed by atoms with Gasteiger partial charge in [0.25, 0.3) is 11.6 Å². The topological polar surface area (TPSA) is 117 Å². The smallest absolute Gasteiger partial charge is 0.339 e. The molecule has 164 valence electrons. The summed E-state index contributed by atoms with van der Waals surface area (Å²) in [7, 11) is 1.46. The number of fused-ring (bicyclic) bond motifs is 1. The lowest BCUT2D eigenvalue weighted by Gasteiger charge is -2.12. The van der Waals surface area contributed by atoms with Crippen LogP contribution in [0, 0.1) is 13.8 Å². The molecule has 32 heavy (non-hydrogen) atoms. The number of amides is 1. The molecule has 4 rings (SSSR count). The Kier molecular flexibility index (Phi) is 5.83. The number of esters is 1. The van der Waals surface area contributed by atoms with E-state index in [4.69, 9.17) is 30.0 Å². The molecule has 3 aromatic heterocycles. The van der Waals surface area contributed by atoms with E-state index in [0.717, 1.165) is 5.56 Å². The number of aromatic nitrogens is 2. The molecule has 0 spiro atoms. The van der Waals surface area contributed by atoms with Gasteiger partial charge in [0.2, 0.25) is 0 Å². The van der Waals surface area contributed by atoms with Gasteiger partial charge < -0.3 is 23.7 Å². The number of benzene rings is 1. The molecule has 0 aliphatic rings. The lowest BCUT2D eigenvalue weighted by molar-refractivity contribution is -0.119. The third-order valence-corrected chi connectivity index (χ3v) is 5.11. The summed E-state index contributed by atoms with van der Waals surface area (Å²) in [4.78, 5) is 29.6. The van der Waals surface area contributed by atoms with Crippen molar-refractivity contribution in [3.63, 3.8) is 0 Å². The lowest BCUT2D eigenvalue weighted by Crippen LogP contribution is -2.21. The SMILES string of the molecule is COc1cc(Cl)c(C)cc1NC(=O)COC(=O)c1cc(-c2ccco2)nc2onc(C)c12. The first-order chi connectivity index (χ1) is 15.4. The summed E-state index contributed by atoms with van der Waals surface area (Å²) in [6.07, 6.45) is 1.49. The van der Waals surface area contributed by atoms with E-state index >= 15 is 0 Å². The van der Waals surface area contributed by atoms with Crippen LogP contribution in [0.5, 0.6) is 5.75 Å². The Bertz CT molecular complexity index is 1310. The van der Waals surface area contributed by atoms with E-state index in [-0.39, 0.29) is 11.3 Å². The number of rotatable bonds is 6. The van der Waals surface area contributed by atoms with Crippen LogP contribution >= 0.6 is 11.6 Å². The van der Waals surface area contributed by atoms with Crippen LogP contribution in [0.1, 0.15) is 21.6 Å². The molecule has 4 aromatic rings. The highest BCUT2D eigenvalue weighted by atomic mass is 35.5. The summed E-state index contributed by atoms with van der Waals surface area (Å²) in [6, 6.07) is 8.17. The van der Waals surface area contributed by atoms with Crippen molar-refractivity contribution >= 4 is 40.3 Å². The second-order valence-corrected chi connectivity index (χ2v) is 7.31. The number of aryl methyl sites for hydroxylation is 2. The first-order valence-electron chi connectivity index (χ1n) is 9.49. The van der Waals surface area contributed by atoms with Gasteiger partial charge in [-0.3, -0.25) is 4.79 Å². The normalized spacial score (nSPS) is 10.9. The quantitative estimate of drug-likeness (QED) is 0.420. The van der Waals surface area contributed by atoms with Gasteiger partial charge in [0.05, 0.1) is 35.7 Å². The molecule has 0 aliphatic heterocycles. The predicted octanol–water partition coefficient (Wildman–Crippen LogP) is 4.56. The molecule has 0 unspecified atom stereocenters. The maximum atomic E-state index is 12.8. The van der Waals surface area contributed by atoms with Gasteiger partial charge in [0.15, 0.2) is 12.4 Å². The Labute approximate surface area is 187 Å². The number of carbonyl (C=O) groups excluding carboxylic acids is 2. The van der Waals surface area contributed by atoms with Crippen molar-refractivity contribution in [3.8, 4) is 17.2 Å². The number of hydrogen-bond acceptors (Lipinski definition) is 8. The van der Waals surface area contributed by atoms with Crippen LogP contribution in [0.2, 0.25) is 5.02 Å². The second kappa shape index (κ2) is 8.72. The molecule has 0 aliphatic carbocycles. The number of pyridine rings is 1.